The molecule has 1 saturated heterocycles. The van der Waals surface area contributed by atoms with Crippen molar-refractivity contribution in [2.24, 2.45) is 22.7 Å². The summed E-state index contributed by atoms with van der Waals surface area (Å²) in [4.78, 5) is 4.66. The zero-order valence-electron chi connectivity index (χ0n) is 15.3. The molecule has 0 unspecified atom stereocenters. The Morgan fingerprint density at radius 3 is 2.30 bits per heavy atom. The zero-order valence-corrected chi connectivity index (χ0v) is 16.1. The van der Waals surface area contributed by atoms with E-state index in [0.717, 1.165) is 38.4 Å². The summed E-state index contributed by atoms with van der Waals surface area (Å²) in [5.41, 5.74) is 0. The maximum absolute atomic E-state index is 11.5. The molecule has 0 spiro atoms. The summed E-state index contributed by atoms with van der Waals surface area (Å²) >= 11 is 0. The lowest BCUT2D eigenvalue weighted by atomic mass is 9.98. The smallest absolute Gasteiger partial charge is 0.211 e. The van der Waals surface area contributed by atoms with Crippen LogP contribution in [0.15, 0.2) is 4.99 Å². The highest BCUT2D eigenvalue weighted by Crippen LogP contribution is 2.18. The molecule has 1 heterocycles. The fraction of sp³-hybridized carbons (Fsp3) is 0.938. The molecule has 6 nitrogen and oxygen atoms in total. The standard InChI is InChI=1S/C16H34N4O2S/c1-6-17-16(18-11-14(4)13(2)3)19-12-15-7-9-20(10-8-15)23(5,21)22/h13-15H,6-12H2,1-5H3,(H2,17,18,19)/t14-/m1/s1. The summed E-state index contributed by atoms with van der Waals surface area (Å²) in [6.07, 6.45) is 3.10. The Balaban J connectivity index is 2.43. The van der Waals surface area contributed by atoms with Gasteiger partial charge in [0, 0.05) is 32.7 Å². The van der Waals surface area contributed by atoms with E-state index in [2.05, 4.69) is 43.3 Å². The lowest BCUT2D eigenvalue weighted by molar-refractivity contribution is 0.274. The second kappa shape index (κ2) is 9.47. The Morgan fingerprint density at radius 2 is 1.83 bits per heavy atom. The highest BCUT2D eigenvalue weighted by atomic mass is 32.2. The van der Waals surface area contributed by atoms with Crippen molar-refractivity contribution in [3.8, 4) is 0 Å². The molecule has 136 valence electrons. The summed E-state index contributed by atoms with van der Waals surface area (Å²) in [5, 5.41) is 6.69. The van der Waals surface area contributed by atoms with E-state index in [-0.39, 0.29) is 0 Å². The van der Waals surface area contributed by atoms with Crippen LogP contribution in [0.2, 0.25) is 0 Å². The highest BCUT2D eigenvalue weighted by molar-refractivity contribution is 7.88. The topological polar surface area (TPSA) is 73.8 Å². The molecule has 0 amide bonds. The molecule has 0 aromatic heterocycles. The number of piperidine rings is 1. The van der Waals surface area contributed by atoms with Crippen molar-refractivity contribution >= 4 is 16.0 Å². The Morgan fingerprint density at radius 1 is 1.22 bits per heavy atom. The number of sulfonamides is 1. The van der Waals surface area contributed by atoms with Crippen molar-refractivity contribution in [2.75, 3.05) is 39.0 Å². The van der Waals surface area contributed by atoms with Crippen LogP contribution < -0.4 is 10.6 Å². The zero-order chi connectivity index (χ0) is 17.5. The molecule has 0 radical (unpaired) electrons. The van der Waals surface area contributed by atoms with Gasteiger partial charge in [0.1, 0.15) is 0 Å². The Bertz CT molecular complexity index is 468. The molecule has 23 heavy (non-hydrogen) atoms. The molecule has 1 atom stereocenters. The predicted octanol–water partition coefficient (Wildman–Crippen LogP) is 1.51. The van der Waals surface area contributed by atoms with Gasteiger partial charge in [-0.3, -0.25) is 4.99 Å². The molecule has 0 bridgehead atoms. The Kier molecular flexibility index (Phi) is 8.33. The molecule has 1 aliphatic heterocycles. The quantitative estimate of drug-likeness (QED) is 0.541. The third kappa shape index (κ3) is 7.52. The first-order chi connectivity index (χ1) is 10.7. The van der Waals surface area contributed by atoms with Crippen LogP contribution in [0.5, 0.6) is 0 Å². The van der Waals surface area contributed by atoms with E-state index in [4.69, 9.17) is 0 Å². The molecular weight excluding hydrogens is 312 g/mol. The van der Waals surface area contributed by atoms with Crippen LogP contribution in [0.25, 0.3) is 0 Å². The molecule has 2 N–H and O–H groups in total. The van der Waals surface area contributed by atoms with E-state index < -0.39 is 10.0 Å². The monoisotopic (exact) mass is 346 g/mol. The van der Waals surface area contributed by atoms with Gasteiger partial charge in [0.15, 0.2) is 5.96 Å². The molecule has 1 fully saturated rings. The number of guanidine groups is 1. The maximum atomic E-state index is 11.5. The number of aliphatic imine (C=N–C) groups is 1. The normalized spacial score (nSPS) is 19.8. The van der Waals surface area contributed by atoms with Gasteiger partial charge in [-0.05, 0) is 37.5 Å². The summed E-state index contributed by atoms with van der Waals surface area (Å²) in [6, 6.07) is 0. The van der Waals surface area contributed by atoms with Crippen LogP contribution in [0.4, 0.5) is 0 Å². The lowest BCUT2D eigenvalue weighted by Crippen LogP contribution is -2.44. The molecule has 0 aromatic carbocycles. The van der Waals surface area contributed by atoms with Crippen LogP contribution in [-0.2, 0) is 10.0 Å². The van der Waals surface area contributed by atoms with Crippen LogP contribution in [-0.4, -0.2) is 57.7 Å². The van der Waals surface area contributed by atoms with Crippen molar-refractivity contribution in [1.29, 1.82) is 0 Å². The Hall–Kier alpha value is -0.820. The molecule has 0 aliphatic carbocycles. The van der Waals surface area contributed by atoms with Crippen molar-refractivity contribution in [1.82, 2.24) is 14.9 Å². The fourth-order valence-electron chi connectivity index (χ4n) is 2.47. The van der Waals surface area contributed by atoms with E-state index in [0.29, 0.717) is 30.8 Å². The second-order valence-corrected chi connectivity index (χ2v) is 8.91. The summed E-state index contributed by atoms with van der Waals surface area (Å²) < 4.78 is 24.6. The minimum absolute atomic E-state index is 0.499. The van der Waals surface area contributed by atoms with E-state index in [1.165, 1.54) is 6.26 Å². The van der Waals surface area contributed by atoms with E-state index in [1.54, 1.807) is 4.31 Å². The predicted molar refractivity (Wildman–Crippen MR) is 97.1 cm³/mol. The summed E-state index contributed by atoms with van der Waals surface area (Å²) in [6.45, 7) is 12.5. The first-order valence-electron chi connectivity index (χ1n) is 8.71. The average molecular weight is 347 g/mol. The van der Waals surface area contributed by atoms with Gasteiger partial charge in [-0.25, -0.2) is 12.7 Å². The largest absolute Gasteiger partial charge is 0.357 e. The van der Waals surface area contributed by atoms with Crippen molar-refractivity contribution < 1.29 is 8.42 Å². The van der Waals surface area contributed by atoms with Gasteiger partial charge < -0.3 is 10.6 Å². The molecule has 0 aromatic rings. The van der Waals surface area contributed by atoms with Gasteiger partial charge in [-0.15, -0.1) is 0 Å². The number of hydrogen-bond acceptors (Lipinski definition) is 3. The second-order valence-electron chi connectivity index (χ2n) is 6.93. The summed E-state index contributed by atoms with van der Waals surface area (Å²) in [5.74, 6) is 2.55. The van der Waals surface area contributed by atoms with E-state index in [1.807, 2.05) is 0 Å². The maximum Gasteiger partial charge on any atom is 0.211 e. The van der Waals surface area contributed by atoms with Gasteiger partial charge in [-0.2, -0.15) is 0 Å². The lowest BCUT2D eigenvalue weighted by Gasteiger charge is -2.30. The van der Waals surface area contributed by atoms with Crippen molar-refractivity contribution in [3.63, 3.8) is 0 Å². The highest BCUT2D eigenvalue weighted by Gasteiger charge is 2.24. The molecule has 7 heteroatoms. The third-order valence-corrected chi connectivity index (χ3v) is 5.92. The molecule has 1 rings (SSSR count). The number of nitrogens with zero attached hydrogens (tertiary/aromatic N) is 2. The van der Waals surface area contributed by atoms with Gasteiger partial charge in [-0.1, -0.05) is 20.8 Å². The number of rotatable bonds is 7. The van der Waals surface area contributed by atoms with Crippen molar-refractivity contribution in [2.45, 2.75) is 40.5 Å². The van der Waals surface area contributed by atoms with Gasteiger partial charge in [0.25, 0.3) is 0 Å². The van der Waals surface area contributed by atoms with Gasteiger partial charge in [0.05, 0.1) is 6.26 Å². The Labute approximate surface area is 142 Å². The number of nitrogens with one attached hydrogen (secondary N) is 2. The average Bonchev–Trinajstić information content (AvgIpc) is 2.49. The minimum Gasteiger partial charge on any atom is -0.357 e. The van der Waals surface area contributed by atoms with Crippen LogP contribution in [0.3, 0.4) is 0 Å². The number of hydrogen-bond donors (Lipinski definition) is 2. The molecule has 0 saturated carbocycles. The van der Waals surface area contributed by atoms with E-state index >= 15 is 0 Å². The molecule has 1 aliphatic rings. The van der Waals surface area contributed by atoms with Gasteiger partial charge >= 0.3 is 0 Å². The SMILES string of the molecule is CCNC(=NC[C@@H](C)C(C)C)NCC1CCN(S(C)(=O)=O)CC1. The van der Waals surface area contributed by atoms with E-state index in [9.17, 15) is 8.42 Å². The minimum atomic E-state index is -3.04. The fourth-order valence-corrected chi connectivity index (χ4v) is 3.35. The summed E-state index contributed by atoms with van der Waals surface area (Å²) in [7, 11) is -3.04. The first-order valence-corrected chi connectivity index (χ1v) is 10.6. The van der Waals surface area contributed by atoms with Crippen molar-refractivity contribution in [3.05, 3.63) is 0 Å². The van der Waals surface area contributed by atoms with Crippen LogP contribution >= 0.6 is 0 Å². The third-order valence-electron chi connectivity index (χ3n) is 4.62. The van der Waals surface area contributed by atoms with Crippen LogP contribution in [0.1, 0.15) is 40.5 Å². The molecular formula is C16H34N4O2S. The van der Waals surface area contributed by atoms with Gasteiger partial charge in [0.2, 0.25) is 10.0 Å². The first kappa shape index (κ1) is 20.2. The van der Waals surface area contributed by atoms with Crippen LogP contribution in [0, 0.1) is 17.8 Å².